The van der Waals surface area contributed by atoms with E-state index in [0.29, 0.717) is 35.5 Å². The molecule has 0 saturated heterocycles. The highest BCUT2D eigenvalue weighted by molar-refractivity contribution is 5.48. The third kappa shape index (κ3) is 4.43. The molecule has 0 heterocycles. The second-order valence-electron chi connectivity index (χ2n) is 14.9. The van der Waals surface area contributed by atoms with Crippen LogP contribution >= 0.6 is 0 Å². The summed E-state index contributed by atoms with van der Waals surface area (Å²) >= 11 is 0. The topological polar surface area (TPSA) is 0 Å². The predicted octanol–water partition coefficient (Wildman–Crippen LogP) is 10.3. The van der Waals surface area contributed by atoms with Gasteiger partial charge in [0.05, 0.1) is 0 Å². The molecule has 39 heavy (non-hydrogen) atoms. The first kappa shape index (κ1) is 26.6. The first-order chi connectivity index (χ1) is 18.6. The van der Waals surface area contributed by atoms with E-state index < -0.39 is 0 Å². The van der Waals surface area contributed by atoms with Crippen molar-refractivity contribution >= 4 is 0 Å². The fraction of sp³-hybridized carbons (Fsp3) is 0.487. The molecule has 2 aromatic carbocycles. The van der Waals surface area contributed by atoms with Gasteiger partial charge in [0.25, 0.3) is 0 Å². The maximum absolute atomic E-state index is 2.74. The molecular formula is C39H48. The Bertz CT molecular complexity index is 1190. The van der Waals surface area contributed by atoms with E-state index in [2.05, 4.69) is 139 Å². The van der Waals surface area contributed by atoms with Gasteiger partial charge in [-0.1, -0.05) is 152 Å². The highest BCUT2D eigenvalue weighted by atomic mass is 14.6. The molecule has 0 aliphatic heterocycles. The van der Waals surface area contributed by atoms with Gasteiger partial charge in [0.2, 0.25) is 0 Å². The predicted molar refractivity (Wildman–Crippen MR) is 166 cm³/mol. The van der Waals surface area contributed by atoms with Gasteiger partial charge in [-0.25, -0.2) is 0 Å². The third-order valence-corrected chi connectivity index (χ3v) is 10.7. The summed E-state index contributed by atoms with van der Waals surface area (Å²) in [7, 11) is 0. The SMILES string of the molecule is CC(C)(C)C1=CC2C(C(c3ccccc3)(c3ccccc3)C3CCCC3)C3C=C(C(C)(C)C)C=C[C@@H]3[C@@H]2C=C1. The van der Waals surface area contributed by atoms with Crippen LogP contribution in [-0.4, -0.2) is 0 Å². The first-order valence-corrected chi connectivity index (χ1v) is 15.5. The quantitative estimate of drug-likeness (QED) is 0.379. The van der Waals surface area contributed by atoms with Gasteiger partial charge >= 0.3 is 0 Å². The Balaban J connectivity index is 1.66. The Labute approximate surface area is 238 Å². The van der Waals surface area contributed by atoms with Crippen LogP contribution in [0.5, 0.6) is 0 Å². The molecule has 2 fully saturated rings. The van der Waals surface area contributed by atoms with Crippen molar-refractivity contribution in [2.45, 2.75) is 72.6 Å². The van der Waals surface area contributed by atoms with Gasteiger partial charge < -0.3 is 0 Å². The molecule has 6 rings (SSSR count). The Morgan fingerprint density at radius 1 is 0.538 bits per heavy atom. The van der Waals surface area contributed by atoms with Crippen molar-refractivity contribution in [3.63, 3.8) is 0 Å². The Morgan fingerprint density at radius 2 is 0.949 bits per heavy atom. The molecule has 2 saturated carbocycles. The van der Waals surface area contributed by atoms with Crippen LogP contribution in [0.25, 0.3) is 0 Å². The molecule has 4 aliphatic rings. The fourth-order valence-corrected chi connectivity index (χ4v) is 8.86. The largest absolute Gasteiger partial charge is 0.0799 e. The van der Waals surface area contributed by atoms with E-state index in [0.717, 1.165) is 0 Å². The van der Waals surface area contributed by atoms with Crippen LogP contribution in [0.15, 0.2) is 108 Å². The molecule has 0 amide bonds. The minimum Gasteiger partial charge on any atom is -0.0799 e. The van der Waals surface area contributed by atoms with Crippen molar-refractivity contribution in [2.24, 2.45) is 46.3 Å². The summed E-state index contributed by atoms with van der Waals surface area (Å²) in [6, 6.07) is 23.4. The number of allylic oxidation sites excluding steroid dienone is 8. The van der Waals surface area contributed by atoms with Crippen LogP contribution in [0.4, 0.5) is 0 Å². The minimum absolute atomic E-state index is 0.0172. The van der Waals surface area contributed by atoms with Gasteiger partial charge in [-0.15, -0.1) is 0 Å². The van der Waals surface area contributed by atoms with Gasteiger partial charge in [-0.3, -0.25) is 0 Å². The molecule has 0 spiro atoms. The number of rotatable bonds is 4. The monoisotopic (exact) mass is 516 g/mol. The van der Waals surface area contributed by atoms with E-state index in [9.17, 15) is 0 Å². The van der Waals surface area contributed by atoms with Crippen molar-refractivity contribution < 1.29 is 0 Å². The van der Waals surface area contributed by atoms with Crippen molar-refractivity contribution in [3.05, 3.63) is 119 Å². The second-order valence-corrected chi connectivity index (χ2v) is 14.9. The molecule has 0 heteroatoms. The van der Waals surface area contributed by atoms with E-state index >= 15 is 0 Å². The molecule has 2 aromatic rings. The van der Waals surface area contributed by atoms with E-state index in [4.69, 9.17) is 0 Å². The van der Waals surface area contributed by atoms with E-state index in [1.54, 1.807) is 0 Å². The van der Waals surface area contributed by atoms with E-state index in [1.165, 1.54) is 48.0 Å². The lowest BCUT2D eigenvalue weighted by Gasteiger charge is -2.50. The van der Waals surface area contributed by atoms with Crippen molar-refractivity contribution in [1.29, 1.82) is 0 Å². The van der Waals surface area contributed by atoms with Crippen molar-refractivity contribution in [2.75, 3.05) is 0 Å². The lowest BCUT2D eigenvalue weighted by Crippen LogP contribution is -2.47. The maximum atomic E-state index is 2.74. The van der Waals surface area contributed by atoms with Crippen LogP contribution in [-0.2, 0) is 5.41 Å². The average Bonchev–Trinajstić information content (AvgIpc) is 3.57. The molecule has 0 aromatic heterocycles. The van der Waals surface area contributed by atoms with E-state index in [-0.39, 0.29) is 16.2 Å². The van der Waals surface area contributed by atoms with Crippen LogP contribution in [0, 0.1) is 46.3 Å². The molecule has 0 N–H and O–H groups in total. The summed E-state index contributed by atoms with van der Waals surface area (Å²) in [5, 5.41) is 0. The number of benzene rings is 2. The van der Waals surface area contributed by atoms with Gasteiger partial charge in [0, 0.05) is 5.41 Å². The normalized spacial score (nSPS) is 29.1. The molecule has 5 atom stereocenters. The maximum Gasteiger partial charge on any atom is 0.0270 e. The summed E-state index contributed by atoms with van der Waals surface area (Å²) in [6.07, 6.45) is 21.0. The Kier molecular flexibility index (Phi) is 6.68. The van der Waals surface area contributed by atoms with Crippen LogP contribution < -0.4 is 0 Å². The lowest BCUT2D eigenvalue weighted by atomic mass is 9.53. The van der Waals surface area contributed by atoms with Crippen LogP contribution in [0.2, 0.25) is 0 Å². The second kappa shape index (κ2) is 9.79. The smallest absolute Gasteiger partial charge is 0.0270 e. The molecule has 0 radical (unpaired) electrons. The van der Waals surface area contributed by atoms with E-state index in [1.807, 2.05) is 0 Å². The molecule has 0 bridgehead atoms. The Morgan fingerprint density at radius 3 is 1.33 bits per heavy atom. The number of hydrogen-bond donors (Lipinski definition) is 0. The summed E-state index contributed by atoms with van der Waals surface area (Å²) in [4.78, 5) is 0. The Hall–Kier alpha value is -2.60. The zero-order valence-electron chi connectivity index (χ0n) is 25.0. The minimum atomic E-state index is -0.0172. The summed E-state index contributed by atoms with van der Waals surface area (Å²) in [5.41, 5.74) is 6.38. The zero-order valence-corrected chi connectivity index (χ0v) is 25.0. The number of hydrogen-bond acceptors (Lipinski definition) is 0. The average molecular weight is 517 g/mol. The number of fused-ring (bicyclic) bond motifs is 3. The third-order valence-electron chi connectivity index (χ3n) is 10.7. The fourth-order valence-electron chi connectivity index (χ4n) is 8.86. The van der Waals surface area contributed by atoms with Crippen LogP contribution in [0.3, 0.4) is 0 Å². The summed E-state index contributed by atoms with van der Waals surface area (Å²) < 4.78 is 0. The van der Waals surface area contributed by atoms with Gasteiger partial charge in [0.1, 0.15) is 0 Å². The van der Waals surface area contributed by atoms with Crippen molar-refractivity contribution in [3.8, 4) is 0 Å². The molecular weight excluding hydrogens is 468 g/mol. The van der Waals surface area contributed by atoms with Gasteiger partial charge in [-0.05, 0) is 81.5 Å². The molecule has 0 nitrogen and oxygen atoms in total. The van der Waals surface area contributed by atoms with Crippen molar-refractivity contribution in [1.82, 2.24) is 0 Å². The standard InChI is InChI=1S/C39H48/c1-37(2,3)30-21-23-32-33-24-22-31(38(4,5)6)26-35(33)36(34(32)25-30)39(29-19-13-14-20-29,27-15-9-7-10-16-27)28-17-11-8-12-18-28/h7-12,15-18,21-26,29,32-36H,13-14,19-20H2,1-6H3/t32-,33+,34?,35?,36?. The highest BCUT2D eigenvalue weighted by Crippen LogP contribution is 2.65. The molecule has 204 valence electrons. The lowest BCUT2D eigenvalue weighted by molar-refractivity contribution is 0.157. The van der Waals surface area contributed by atoms with Gasteiger partial charge in [-0.2, -0.15) is 0 Å². The van der Waals surface area contributed by atoms with Gasteiger partial charge in [0.15, 0.2) is 0 Å². The molecule has 3 unspecified atom stereocenters. The summed E-state index contributed by atoms with van der Waals surface area (Å²) in [6.45, 7) is 14.3. The highest BCUT2D eigenvalue weighted by Gasteiger charge is 2.60. The first-order valence-electron chi connectivity index (χ1n) is 15.5. The zero-order chi connectivity index (χ0) is 27.4. The molecule has 4 aliphatic carbocycles. The summed E-state index contributed by atoms with van der Waals surface area (Å²) in [5.74, 6) is 3.29. The van der Waals surface area contributed by atoms with Crippen LogP contribution in [0.1, 0.15) is 78.4 Å².